The van der Waals surface area contributed by atoms with E-state index < -0.39 is 17.6 Å². The molecule has 3 aromatic rings. The Kier molecular flexibility index (Phi) is 7.48. The number of ether oxygens (including phenoxy) is 1. The minimum Gasteiger partial charge on any atom is -0.495 e. The van der Waals surface area contributed by atoms with E-state index in [9.17, 15) is 22.8 Å². The molecule has 11 heteroatoms. The van der Waals surface area contributed by atoms with Crippen LogP contribution < -0.4 is 20.7 Å². The Labute approximate surface area is 200 Å². The number of rotatable bonds is 7. The number of alkyl halides is 3. The van der Waals surface area contributed by atoms with Gasteiger partial charge >= 0.3 is 6.18 Å². The van der Waals surface area contributed by atoms with Gasteiger partial charge in [-0.2, -0.15) is 13.2 Å². The molecule has 35 heavy (non-hydrogen) atoms. The molecule has 0 atom stereocenters. The van der Waals surface area contributed by atoms with Crippen LogP contribution in [0.15, 0.2) is 54.7 Å². The third kappa shape index (κ3) is 5.81. The lowest BCUT2D eigenvalue weighted by molar-refractivity contribution is -0.137. The molecule has 1 heterocycles. The summed E-state index contributed by atoms with van der Waals surface area (Å²) in [6.07, 6.45) is -3.99. The fourth-order valence-electron chi connectivity index (χ4n) is 3.25. The number of carbonyl (C=O) groups is 2. The predicted octanol–water partition coefficient (Wildman–Crippen LogP) is 4.66. The van der Waals surface area contributed by atoms with Crippen LogP contribution in [0.3, 0.4) is 0 Å². The number of anilines is 4. The lowest BCUT2D eigenvalue weighted by Crippen LogP contribution is -2.21. The lowest BCUT2D eigenvalue weighted by atomic mass is 10.1. The smallest absolute Gasteiger partial charge is 0.419 e. The highest BCUT2D eigenvalue weighted by molar-refractivity contribution is 6.00. The number of nitrogens with one attached hydrogen (secondary N) is 3. The number of para-hydroxylation sites is 1. The van der Waals surface area contributed by atoms with Crippen molar-refractivity contribution in [3.8, 4) is 5.75 Å². The largest absolute Gasteiger partial charge is 0.495 e. The Morgan fingerprint density at radius 1 is 0.971 bits per heavy atom. The van der Waals surface area contributed by atoms with Crippen LogP contribution in [0.5, 0.6) is 5.75 Å². The molecule has 0 unspecified atom stereocenters. The zero-order chi connectivity index (χ0) is 25.8. The number of hydrogen-bond donors (Lipinski definition) is 3. The van der Waals surface area contributed by atoms with Gasteiger partial charge in [0.15, 0.2) is 0 Å². The van der Waals surface area contributed by atoms with Crippen LogP contribution in [0.1, 0.15) is 26.3 Å². The first-order chi connectivity index (χ1) is 16.5. The zero-order valence-corrected chi connectivity index (χ0v) is 19.4. The van der Waals surface area contributed by atoms with Crippen molar-refractivity contribution in [2.24, 2.45) is 0 Å². The van der Waals surface area contributed by atoms with Crippen molar-refractivity contribution in [3.05, 3.63) is 71.4 Å². The SMILES string of the molecule is CNC(=O)c1ccccc1Nc1cc(Nc2ccc(C(=O)N(C)C)cc2OC)ncc1C(F)(F)F. The molecule has 3 rings (SSSR count). The highest BCUT2D eigenvalue weighted by Gasteiger charge is 2.34. The summed E-state index contributed by atoms with van der Waals surface area (Å²) < 4.78 is 46.5. The van der Waals surface area contributed by atoms with Crippen molar-refractivity contribution in [1.82, 2.24) is 15.2 Å². The molecule has 2 amide bonds. The van der Waals surface area contributed by atoms with Crippen LogP contribution in [-0.2, 0) is 6.18 Å². The monoisotopic (exact) mass is 487 g/mol. The molecular weight excluding hydrogens is 463 g/mol. The molecule has 8 nitrogen and oxygen atoms in total. The topological polar surface area (TPSA) is 95.6 Å². The maximum Gasteiger partial charge on any atom is 0.419 e. The molecule has 0 bridgehead atoms. The molecule has 2 aromatic carbocycles. The summed E-state index contributed by atoms with van der Waals surface area (Å²) in [5.74, 6) is -0.295. The molecule has 0 saturated carbocycles. The summed E-state index contributed by atoms with van der Waals surface area (Å²) in [4.78, 5) is 29.7. The van der Waals surface area contributed by atoms with Gasteiger partial charge in [-0.3, -0.25) is 9.59 Å². The van der Waals surface area contributed by atoms with Crippen molar-refractivity contribution in [1.29, 1.82) is 0 Å². The number of carbonyl (C=O) groups excluding carboxylic acids is 2. The number of amides is 2. The second kappa shape index (κ2) is 10.3. The first-order valence-electron chi connectivity index (χ1n) is 10.4. The maximum absolute atomic E-state index is 13.7. The molecule has 0 aliphatic heterocycles. The molecule has 0 aliphatic carbocycles. The predicted molar refractivity (Wildman–Crippen MR) is 127 cm³/mol. The highest BCUT2D eigenvalue weighted by Crippen LogP contribution is 2.38. The normalized spacial score (nSPS) is 10.9. The molecule has 0 spiro atoms. The molecule has 0 saturated heterocycles. The Hall–Kier alpha value is -4.28. The summed E-state index contributed by atoms with van der Waals surface area (Å²) >= 11 is 0. The van der Waals surface area contributed by atoms with E-state index in [0.29, 0.717) is 23.2 Å². The van der Waals surface area contributed by atoms with Gasteiger partial charge in [-0.1, -0.05) is 12.1 Å². The lowest BCUT2D eigenvalue weighted by Gasteiger charge is -2.18. The van der Waals surface area contributed by atoms with Crippen molar-refractivity contribution >= 4 is 34.7 Å². The Morgan fingerprint density at radius 3 is 2.31 bits per heavy atom. The first kappa shape index (κ1) is 25.3. The molecule has 0 fully saturated rings. The van der Waals surface area contributed by atoms with E-state index in [4.69, 9.17) is 4.74 Å². The molecule has 184 valence electrons. The van der Waals surface area contributed by atoms with Gasteiger partial charge in [0, 0.05) is 39.0 Å². The van der Waals surface area contributed by atoms with Crippen LogP contribution in [0.25, 0.3) is 0 Å². The number of methoxy groups -OCH3 is 1. The van der Waals surface area contributed by atoms with E-state index in [1.807, 2.05) is 0 Å². The summed E-state index contributed by atoms with van der Waals surface area (Å²) in [6, 6.07) is 12.0. The van der Waals surface area contributed by atoms with Crippen molar-refractivity contribution in [2.45, 2.75) is 6.18 Å². The van der Waals surface area contributed by atoms with Gasteiger partial charge in [0.1, 0.15) is 11.6 Å². The van der Waals surface area contributed by atoms with E-state index in [-0.39, 0.29) is 28.7 Å². The van der Waals surface area contributed by atoms with Gasteiger partial charge < -0.3 is 25.6 Å². The van der Waals surface area contributed by atoms with Crippen LogP contribution >= 0.6 is 0 Å². The van der Waals surface area contributed by atoms with Crippen LogP contribution in [0.4, 0.5) is 36.1 Å². The molecular formula is C24H24F3N5O3. The average Bonchev–Trinajstić information content (AvgIpc) is 2.83. The van der Waals surface area contributed by atoms with Crippen molar-refractivity contribution in [3.63, 3.8) is 0 Å². The van der Waals surface area contributed by atoms with Crippen LogP contribution in [0, 0.1) is 0 Å². The third-order valence-corrected chi connectivity index (χ3v) is 4.99. The number of benzene rings is 2. The third-order valence-electron chi connectivity index (χ3n) is 4.99. The summed E-state index contributed by atoms with van der Waals surface area (Å²) in [7, 11) is 6.07. The van der Waals surface area contributed by atoms with Crippen LogP contribution in [-0.4, -0.2) is 50.0 Å². The summed E-state index contributed by atoms with van der Waals surface area (Å²) in [6.45, 7) is 0. The van der Waals surface area contributed by atoms with Crippen molar-refractivity contribution in [2.75, 3.05) is 38.9 Å². The highest BCUT2D eigenvalue weighted by atomic mass is 19.4. The second-order valence-corrected chi connectivity index (χ2v) is 7.60. The Morgan fingerprint density at radius 2 is 1.69 bits per heavy atom. The van der Waals surface area contributed by atoms with Gasteiger partial charge in [0.2, 0.25) is 0 Å². The Balaban J connectivity index is 2.00. The van der Waals surface area contributed by atoms with Crippen molar-refractivity contribution < 1.29 is 27.5 Å². The fraction of sp³-hybridized carbons (Fsp3) is 0.208. The Bertz CT molecular complexity index is 1250. The van der Waals surface area contributed by atoms with Crippen LogP contribution in [0.2, 0.25) is 0 Å². The average molecular weight is 487 g/mol. The number of hydrogen-bond acceptors (Lipinski definition) is 6. The van der Waals surface area contributed by atoms with E-state index >= 15 is 0 Å². The van der Waals surface area contributed by atoms with E-state index in [0.717, 1.165) is 0 Å². The molecule has 1 aromatic heterocycles. The summed E-state index contributed by atoms with van der Waals surface area (Å²) in [5.41, 5.74) is -0.160. The van der Waals surface area contributed by atoms with E-state index in [2.05, 4.69) is 20.9 Å². The van der Waals surface area contributed by atoms with Gasteiger partial charge in [0.05, 0.1) is 35.3 Å². The van der Waals surface area contributed by atoms with E-state index in [1.165, 1.54) is 43.3 Å². The summed E-state index contributed by atoms with van der Waals surface area (Å²) in [5, 5.41) is 8.10. The maximum atomic E-state index is 13.7. The number of nitrogens with zero attached hydrogens (tertiary/aromatic N) is 2. The number of aromatic nitrogens is 1. The van der Waals surface area contributed by atoms with E-state index in [1.54, 1.807) is 38.4 Å². The molecule has 0 radical (unpaired) electrons. The zero-order valence-electron chi connectivity index (χ0n) is 19.4. The second-order valence-electron chi connectivity index (χ2n) is 7.60. The standard InChI is InChI=1S/C24H24F3N5O3/c1-28-22(33)15-7-5-6-8-17(15)30-19-12-21(29-13-16(19)24(25,26)27)31-18-10-9-14(11-20(18)35-4)23(34)32(2)3/h5-13H,1-4H3,(H,28,33)(H2,29,30,31). The number of pyridine rings is 1. The molecule has 3 N–H and O–H groups in total. The van der Waals surface area contributed by atoms with Gasteiger partial charge in [-0.25, -0.2) is 4.98 Å². The minimum absolute atomic E-state index is 0.0860. The van der Waals surface area contributed by atoms with Gasteiger partial charge in [-0.05, 0) is 30.3 Å². The number of halogens is 3. The first-order valence-corrected chi connectivity index (χ1v) is 10.4. The quantitative estimate of drug-likeness (QED) is 0.449. The molecule has 0 aliphatic rings. The fourth-order valence-corrected chi connectivity index (χ4v) is 3.25. The minimum atomic E-state index is -4.69. The van der Waals surface area contributed by atoms with Gasteiger partial charge in [-0.15, -0.1) is 0 Å². The van der Waals surface area contributed by atoms with Gasteiger partial charge in [0.25, 0.3) is 11.8 Å².